The largest absolute Gasteiger partial charge is 0.383 e. The number of aromatic nitrogens is 4. The SMILES string of the molecule is Cl.Nc1ncnc2nc(-c3ccc(C4CNCCO4)nc3)c(-c3ccc(F)cc3)c(-c3cccc(Br)c3)c12. The van der Waals surface area contributed by atoms with Crippen LogP contribution < -0.4 is 11.1 Å². The lowest BCUT2D eigenvalue weighted by molar-refractivity contribution is 0.0250. The average molecular weight is 594 g/mol. The second-order valence-corrected chi connectivity index (χ2v) is 9.64. The van der Waals surface area contributed by atoms with Gasteiger partial charge in [-0.3, -0.25) is 4.98 Å². The Hall–Kier alpha value is -3.50. The van der Waals surface area contributed by atoms with Crippen molar-refractivity contribution in [2.75, 3.05) is 25.4 Å². The molecule has 1 atom stereocenters. The Balaban J connectivity index is 0.00000294. The zero-order valence-electron chi connectivity index (χ0n) is 20.1. The summed E-state index contributed by atoms with van der Waals surface area (Å²) >= 11 is 3.59. The van der Waals surface area contributed by atoms with Gasteiger partial charge < -0.3 is 15.8 Å². The molecule has 1 aliphatic rings. The fraction of sp³-hybridized carbons (Fsp3) is 0.143. The van der Waals surface area contributed by atoms with Gasteiger partial charge in [-0.25, -0.2) is 19.3 Å². The molecule has 3 N–H and O–H groups in total. The number of morpholine rings is 1. The maximum absolute atomic E-state index is 14.0. The van der Waals surface area contributed by atoms with Gasteiger partial charge in [0.05, 0.1) is 23.4 Å². The smallest absolute Gasteiger partial charge is 0.165 e. The van der Waals surface area contributed by atoms with E-state index < -0.39 is 0 Å². The maximum atomic E-state index is 14.0. The first-order chi connectivity index (χ1) is 18.1. The van der Waals surface area contributed by atoms with Crippen LogP contribution in [0.2, 0.25) is 0 Å². The summed E-state index contributed by atoms with van der Waals surface area (Å²) in [4.78, 5) is 18.4. The van der Waals surface area contributed by atoms with Gasteiger partial charge in [0.25, 0.3) is 0 Å². The number of anilines is 1. The number of halogens is 3. The Bertz CT molecular complexity index is 1590. The lowest BCUT2D eigenvalue weighted by Crippen LogP contribution is -2.33. The molecule has 1 aliphatic heterocycles. The van der Waals surface area contributed by atoms with Crippen LogP contribution in [0.25, 0.3) is 44.5 Å². The predicted molar refractivity (Wildman–Crippen MR) is 152 cm³/mol. The summed E-state index contributed by atoms with van der Waals surface area (Å²) in [7, 11) is 0. The van der Waals surface area contributed by atoms with Crippen LogP contribution in [0.15, 0.2) is 77.7 Å². The molecule has 4 heterocycles. The molecule has 6 rings (SSSR count). The third-order valence-electron chi connectivity index (χ3n) is 6.37. The van der Waals surface area contributed by atoms with E-state index in [0.717, 1.165) is 44.5 Å². The van der Waals surface area contributed by atoms with Gasteiger partial charge in [0.2, 0.25) is 0 Å². The second-order valence-electron chi connectivity index (χ2n) is 8.72. The van der Waals surface area contributed by atoms with E-state index in [9.17, 15) is 4.39 Å². The Labute approximate surface area is 233 Å². The van der Waals surface area contributed by atoms with E-state index in [1.807, 2.05) is 36.4 Å². The standard InChI is InChI=1S/C28H22BrFN6O.ClH/c29-19-3-1-2-17(12-19)23-24(16-4-7-20(30)8-5-16)26(36-28-25(23)27(31)34-15-35-28)18-6-9-21(33-13-18)22-14-32-10-11-37-22;/h1-9,12-13,15,22,32H,10-11,14H2,(H2,31,34,35,36);1H. The van der Waals surface area contributed by atoms with Gasteiger partial charge in [0, 0.05) is 40.4 Å². The van der Waals surface area contributed by atoms with Crippen LogP contribution in [-0.2, 0) is 4.74 Å². The van der Waals surface area contributed by atoms with Crippen molar-refractivity contribution in [1.29, 1.82) is 0 Å². The molecule has 7 nitrogen and oxygen atoms in total. The van der Waals surface area contributed by atoms with Crippen molar-refractivity contribution in [2.45, 2.75) is 6.10 Å². The van der Waals surface area contributed by atoms with Crippen LogP contribution in [0.4, 0.5) is 10.2 Å². The minimum absolute atomic E-state index is 0. The summed E-state index contributed by atoms with van der Waals surface area (Å²) < 4.78 is 20.7. The highest BCUT2D eigenvalue weighted by Crippen LogP contribution is 2.44. The molecule has 0 aliphatic carbocycles. The van der Waals surface area contributed by atoms with Crippen LogP contribution in [0.1, 0.15) is 11.8 Å². The fourth-order valence-corrected chi connectivity index (χ4v) is 5.05. The molecule has 192 valence electrons. The highest BCUT2D eigenvalue weighted by molar-refractivity contribution is 9.10. The number of fused-ring (bicyclic) bond motifs is 1. The van der Waals surface area contributed by atoms with Crippen LogP contribution in [0.5, 0.6) is 0 Å². The van der Waals surface area contributed by atoms with Crippen LogP contribution >= 0.6 is 28.3 Å². The summed E-state index contributed by atoms with van der Waals surface area (Å²) in [6.45, 7) is 2.19. The number of rotatable bonds is 4. The monoisotopic (exact) mass is 592 g/mol. The van der Waals surface area contributed by atoms with E-state index in [4.69, 9.17) is 20.4 Å². The first-order valence-corrected chi connectivity index (χ1v) is 12.6. The third-order valence-corrected chi connectivity index (χ3v) is 6.87. The molecule has 1 saturated heterocycles. The van der Waals surface area contributed by atoms with Gasteiger partial charge in [-0.2, -0.15) is 0 Å². The number of ether oxygens (including phenoxy) is 1. The highest BCUT2D eigenvalue weighted by Gasteiger charge is 2.23. The molecule has 0 bridgehead atoms. The zero-order chi connectivity index (χ0) is 25.4. The molecule has 10 heteroatoms. The molecule has 0 spiro atoms. The predicted octanol–water partition coefficient (Wildman–Crippen LogP) is 5.99. The van der Waals surface area contributed by atoms with Gasteiger partial charge in [0.1, 0.15) is 24.1 Å². The molecular formula is C28H23BrClFN6O. The van der Waals surface area contributed by atoms with Gasteiger partial charge in [0.15, 0.2) is 5.65 Å². The molecule has 0 radical (unpaired) electrons. The Morgan fingerprint density at radius 3 is 2.47 bits per heavy atom. The van der Waals surface area contributed by atoms with E-state index in [1.54, 1.807) is 18.3 Å². The fourth-order valence-electron chi connectivity index (χ4n) is 4.65. The molecule has 1 fully saturated rings. The maximum Gasteiger partial charge on any atom is 0.165 e. The topological polar surface area (TPSA) is 98.8 Å². The summed E-state index contributed by atoms with van der Waals surface area (Å²) in [6.07, 6.45) is 3.10. The van der Waals surface area contributed by atoms with E-state index in [0.29, 0.717) is 35.7 Å². The molecule has 2 aromatic carbocycles. The number of hydrogen-bond acceptors (Lipinski definition) is 7. The van der Waals surface area contributed by atoms with E-state index >= 15 is 0 Å². The van der Waals surface area contributed by atoms with E-state index in [1.165, 1.54) is 18.5 Å². The Kier molecular flexibility index (Phi) is 7.62. The van der Waals surface area contributed by atoms with Crippen LogP contribution in [0, 0.1) is 5.82 Å². The van der Waals surface area contributed by atoms with Gasteiger partial charge in [-0.15, -0.1) is 12.4 Å². The summed E-state index contributed by atoms with van der Waals surface area (Å²) in [5.41, 5.74) is 12.5. The third kappa shape index (κ3) is 4.98. The number of benzene rings is 2. The number of nitrogens with zero attached hydrogens (tertiary/aromatic N) is 4. The molecular weight excluding hydrogens is 571 g/mol. The molecule has 1 unspecified atom stereocenters. The first-order valence-electron chi connectivity index (χ1n) is 11.8. The molecule has 0 amide bonds. The van der Waals surface area contributed by atoms with E-state index in [2.05, 4.69) is 31.2 Å². The molecule has 38 heavy (non-hydrogen) atoms. The van der Waals surface area contributed by atoms with Crippen molar-refractivity contribution in [3.8, 4) is 33.5 Å². The molecule has 3 aromatic heterocycles. The van der Waals surface area contributed by atoms with Crippen molar-refractivity contribution in [1.82, 2.24) is 25.3 Å². The second kappa shape index (κ2) is 11.1. The van der Waals surface area contributed by atoms with E-state index in [-0.39, 0.29) is 24.3 Å². The van der Waals surface area contributed by atoms with Crippen molar-refractivity contribution >= 4 is 45.2 Å². The highest BCUT2D eigenvalue weighted by atomic mass is 79.9. The van der Waals surface area contributed by atoms with Crippen LogP contribution in [0.3, 0.4) is 0 Å². The lowest BCUT2D eigenvalue weighted by Gasteiger charge is -2.23. The number of pyridine rings is 2. The number of hydrogen-bond donors (Lipinski definition) is 2. The Morgan fingerprint density at radius 2 is 1.76 bits per heavy atom. The van der Waals surface area contributed by atoms with Gasteiger partial charge >= 0.3 is 0 Å². The number of nitrogens with two attached hydrogens (primary N) is 1. The minimum Gasteiger partial charge on any atom is -0.383 e. The van der Waals surface area contributed by atoms with Crippen LogP contribution in [-0.4, -0.2) is 39.6 Å². The van der Waals surface area contributed by atoms with Gasteiger partial charge in [-0.05, 0) is 47.5 Å². The lowest BCUT2D eigenvalue weighted by atomic mass is 9.89. The minimum atomic E-state index is -0.321. The number of nitrogen functional groups attached to an aromatic ring is 1. The first kappa shape index (κ1) is 26.1. The molecule has 0 saturated carbocycles. The van der Waals surface area contributed by atoms with Crippen molar-refractivity contribution in [3.63, 3.8) is 0 Å². The Morgan fingerprint density at radius 1 is 0.947 bits per heavy atom. The molecule has 5 aromatic rings. The van der Waals surface area contributed by atoms with Crippen molar-refractivity contribution in [3.05, 3.63) is 89.2 Å². The van der Waals surface area contributed by atoms with Crippen molar-refractivity contribution < 1.29 is 9.13 Å². The van der Waals surface area contributed by atoms with Crippen molar-refractivity contribution in [2.24, 2.45) is 0 Å². The quantitative estimate of drug-likeness (QED) is 0.264. The van der Waals surface area contributed by atoms with Gasteiger partial charge in [-0.1, -0.05) is 40.2 Å². The summed E-state index contributed by atoms with van der Waals surface area (Å²) in [5, 5.41) is 3.97. The average Bonchev–Trinajstić information content (AvgIpc) is 2.93. The summed E-state index contributed by atoms with van der Waals surface area (Å²) in [6, 6.07) is 18.2. The normalized spacial score (nSPS) is 15.3. The summed E-state index contributed by atoms with van der Waals surface area (Å²) in [5.74, 6) is -0.00387. The number of nitrogens with one attached hydrogen (secondary N) is 1. The zero-order valence-corrected chi connectivity index (χ0v) is 22.5.